The van der Waals surface area contributed by atoms with Crippen molar-refractivity contribution in [1.29, 1.82) is 0 Å². The molecule has 0 bridgehead atoms. The van der Waals surface area contributed by atoms with Crippen molar-refractivity contribution in [3.8, 4) is 0 Å². The molecule has 0 saturated carbocycles. The first-order valence-corrected chi connectivity index (χ1v) is 8.88. The van der Waals surface area contributed by atoms with E-state index in [4.69, 9.17) is 0 Å². The molecule has 1 heterocycles. The summed E-state index contributed by atoms with van der Waals surface area (Å²) in [4.78, 5) is 27.3. The van der Waals surface area contributed by atoms with E-state index in [1.807, 2.05) is 66.7 Å². The van der Waals surface area contributed by atoms with Crippen molar-refractivity contribution in [2.75, 3.05) is 0 Å². The lowest BCUT2D eigenvalue weighted by Crippen LogP contribution is -2.41. The summed E-state index contributed by atoms with van der Waals surface area (Å²) in [5, 5.41) is 5.17. The van der Waals surface area contributed by atoms with Crippen molar-refractivity contribution in [3.63, 3.8) is 0 Å². The predicted octanol–water partition coefficient (Wildman–Crippen LogP) is 3.73. The number of rotatable bonds is 2. The normalized spacial score (nSPS) is 21.5. The second kappa shape index (κ2) is 5.43. The first-order valence-electron chi connectivity index (χ1n) is 8.88. The number of imide groups is 1. The van der Waals surface area contributed by atoms with Gasteiger partial charge >= 0.3 is 6.03 Å². The number of aryl methyl sites for hydroxylation is 1. The van der Waals surface area contributed by atoms with Crippen LogP contribution in [0.2, 0.25) is 0 Å². The van der Waals surface area contributed by atoms with Gasteiger partial charge in [0.25, 0.3) is 5.91 Å². The largest absolute Gasteiger partial charge is 0.325 e. The number of carbonyl (C=O) groups is 2. The van der Waals surface area contributed by atoms with Crippen LogP contribution in [0.3, 0.4) is 0 Å². The molecule has 1 aliphatic heterocycles. The fourth-order valence-electron chi connectivity index (χ4n) is 4.33. The molecule has 26 heavy (non-hydrogen) atoms. The Labute approximate surface area is 151 Å². The van der Waals surface area contributed by atoms with Crippen LogP contribution in [0, 0.1) is 0 Å². The Morgan fingerprint density at radius 3 is 2.62 bits per heavy atom. The molecule has 3 aromatic carbocycles. The number of nitrogens with zero attached hydrogens (tertiary/aromatic N) is 1. The minimum absolute atomic E-state index is 0.139. The van der Waals surface area contributed by atoms with E-state index in [1.165, 1.54) is 4.90 Å². The summed E-state index contributed by atoms with van der Waals surface area (Å²) in [6.07, 6.45) is 1.44. The Morgan fingerprint density at radius 2 is 1.69 bits per heavy atom. The lowest BCUT2D eigenvalue weighted by molar-refractivity contribution is -0.132. The number of hydrogen-bond acceptors (Lipinski definition) is 2. The minimum atomic E-state index is -0.891. The quantitative estimate of drug-likeness (QED) is 0.722. The highest BCUT2D eigenvalue weighted by Gasteiger charge is 2.55. The van der Waals surface area contributed by atoms with Gasteiger partial charge in [-0.15, -0.1) is 0 Å². The molecule has 4 nitrogen and oxygen atoms in total. The second-order valence-electron chi connectivity index (χ2n) is 7.02. The summed E-state index contributed by atoms with van der Waals surface area (Å²) in [5.74, 6) is -0.139. The minimum Gasteiger partial charge on any atom is -0.319 e. The third-order valence-corrected chi connectivity index (χ3v) is 5.63. The number of nitrogens with one attached hydrogen (secondary N) is 1. The molecule has 1 N–H and O–H groups in total. The maximum absolute atomic E-state index is 13.3. The molecule has 2 aliphatic rings. The van der Waals surface area contributed by atoms with E-state index in [0.29, 0.717) is 6.42 Å². The van der Waals surface area contributed by atoms with Crippen LogP contribution >= 0.6 is 0 Å². The Bertz CT molecular complexity index is 1050. The predicted molar refractivity (Wildman–Crippen MR) is 99.5 cm³/mol. The molecule has 3 amide bonds. The zero-order valence-corrected chi connectivity index (χ0v) is 14.2. The number of urea groups is 1. The number of amides is 3. The van der Waals surface area contributed by atoms with Gasteiger partial charge in [-0.05, 0) is 40.3 Å². The van der Waals surface area contributed by atoms with Crippen LogP contribution in [0.4, 0.5) is 4.79 Å². The maximum Gasteiger partial charge on any atom is 0.325 e. The monoisotopic (exact) mass is 342 g/mol. The Morgan fingerprint density at radius 1 is 0.923 bits per heavy atom. The van der Waals surface area contributed by atoms with Gasteiger partial charge in [0, 0.05) is 0 Å². The van der Waals surface area contributed by atoms with Crippen molar-refractivity contribution >= 4 is 22.7 Å². The summed E-state index contributed by atoms with van der Waals surface area (Å²) in [6.45, 7) is 0.288. The molecule has 4 heteroatoms. The fourth-order valence-corrected chi connectivity index (χ4v) is 4.33. The molecule has 0 radical (unpaired) electrons. The van der Waals surface area contributed by atoms with Gasteiger partial charge in [-0.3, -0.25) is 9.69 Å². The van der Waals surface area contributed by atoms with Crippen molar-refractivity contribution in [1.82, 2.24) is 10.2 Å². The average molecular weight is 342 g/mol. The summed E-state index contributed by atoms with van der Waals surface area (Å²) < 4.78 is 0. The van der Waals surface area contributed by atoms with E-state index in [-0.39, 0.29) is 18.5 Å². The maximum atomic E-state index is 13.3. The van der Waals surface area contributed by atoms with Gasteiger partial charge in [-0.1, -0.05) is 66.7 Å². The lowest BCUT2D eigenvalue weighted by Gasteiger charge is -2.22. The molecule has 1 unspecified atom stereocenters. The highest BCUT2D eigenvalue weighted by Crippen LogP contribution is 2.41. The van der Waals surface area contributed by atoms with E-state index in [1.54, 1.807) is 0 Å². The number of fused-ring (bicyclic) bond motifs is 3. The van der Waals surface area contributed by atoms with Gasteiger partial charge < -0.3 is 5.32 Å². The molecule has 1 aliphatic carbocycles. The molecule has 0 aromatic heterocycles. The Balaban J connectivity index is 1.53. The molecule has 1 fully saturated rings. The van der Waals surface area contributed by atoms with Crippen molar-refractivity contribution in [2.24, 2.45) is 0 Å². The Kier molecular flexibility index (Phi) is 3.16. The van der Waals surface area contributed by atoms with Gasteiger partial charge in [0.1, 0.15) is 5.54 Å². The van der Waals surface area contributed by atoms with Crippen LogP contribution in [0.25, 0.3) is 10.8 Å². The van der Waals surface area contributed by atoms with Gasteiger partial charge in [-0.25, -0.2) is 4.79 Å². The molecule has 1 saturated heterocycles. The van der Waals surface area contributed by atoms with Crippen LogP contribution in [-0.4, -0.2) is 16.8 Å². The van der Waals surface area contributed by atoms with Crippen LogP contribution in [-0.2, 0) is 23.3 Å². The summed E-state index contributed by atoms with van der Waals surface area (Å²) in [6, 6.07) is 21.6. The SMILES string of the molecule is O=C1NC2(CCc3ccccc32)C(=O)N1Cc1cccc2ccccc12. The first-order chi connectivity index (χ1) is 12.7. The van der Waals surface area contributed by atoms with Crippen LogP contribution in [0.15, 0.2) is 66.7 Å². The van der Waals surface area contributed by atoms with E-state index in [0.717, 1.165) is 33.9 Å². The second-order valence-corrected chi connectivity index (χ2v) is 7.02. The molecule has 128 valence electrons. The van der Waals surface area contributed by atoms with Gasteiger partial charge in [0.05, 0.1) is 6.54 Å². The summed E-state index contributed by atoms with van der Waals surface area (Å²) >= 11 is 0. The molecular weight excluding hydrogens is 324 g/mol. The van der Waals surface area contributed by atoms with Crippen molar-refractivity contribution < 1.29 is 9.59 Å². The van der Waals surface area contributed by atoms with Crippen LogP contribution in [0.1, 0.15) is 23.1 Å². The smallest absolute Gasteiger partial charge is 0.319 e. The lowest BCUT2D eigenvalue weighted by atomic mass is 9.91. The molecular formula is C22H18N2O2. The van der Waals surface area contributed by atoms with Crippen molar-refractivity contribution in [3.05, 3.63) is 83.4 Å². The zero-order chi connectivity index (χ0) is 17.7. The standard InChI is InChI=1S/C22H18N2O2/c25-20-22(13-12-16-7-2-4-11-19(16)22)23-21(26)24(20)14-17-9-5-8-15-6-1-3-10-18(15)17/h1-11H,12-14H2,(H,23,26). The first kappa shape index (κ1) is 15.1. The van der Waals surface area contributed by atoms with Gasteiger partial charge in [-0.2, -0.15) is 0 Å². The van der Waals surface area contributed by atoms with Crippen LogP contribution < -0.4 is 5.32 Å². The third-order valence-electron chi connectivity index (χ3n) is 5.63. The third kappa shape index (κ3) is 2.02. The van der Waals surface area contributed by atoms with Gasteiger partial charge in [0.2, 0.25) is 0 Å². The summed E-state index contributed by atoms with van der Waals surface area (Å²) in [7, 11) is 0. The van der Waals surface area contributed by atoms with E-state index in [9.17, 15) is 9.59 Å². The van der Waals surface area contributed by atoms with Gasteiger partial charge in [0.15, 0.2) is 0 Å². The molecule has 1 atom stereocenters. The van der Waals surface area contributed by atoms with E-state index in [2.05, 4.69) is 5.32 Å². The summed E-state index contributed by atoms with van der Waals surface area (Å²) in [5.41, 5.74) is 2.18. The number of benzene rings is 3. The fraction of sp³-hybridized carbons (Fsp3) is 0.182. The highest BCUT2D eigenvalue weighted by molar-refractivity contribution is 6.08. The molecule has 5 rings (SSSR count). The zero-order valence-electron chi connectivity index (χ0n) is 14.2. The topological polar surface area (TPSA) is 49.4 Å². The highest BCUT2D eigenvalue weighted by atomic mass is 16.2. The molecule has 1 spiro atoms. The number of carbonyl (C=O) groups excluding carboxylic acids is 2. The van der Waals surface area contributed by atoms with E-state index >= 15 is 0 Å². The molecule has 3 aromatic rings. The van der Waals surface area contributed by atoms with Crippen molar-refractivity contribution in [2.45, 2.75) is 24.9 Å². The van der Waals surface area contributed by atoms with Crippen LogP contribution in [0.5, 0.6) is 0 Å². The average Bonchev–Trinajstić information content (AvgIpc) is 3.16. The van der Waals surface area contributed by atoms with E-state index < -0.39 is 5.54 Å². The Hall–Kier alpha value is -3.14. The number of hydrogen-bond donors (Lipinski definition) is 1.